The second-order valence-electron chi connectivity index (χ2n) is 6.93. The maximum atomic E-state index is 14.5. The highest BCUT2D eigenvalue weighted by Crippen LogP contribution is 2.53. The molecule has 0 spiro atoms. The van der Waals surface area contributed by atoms with Crippen molar-refractivity contribution in [3.63, 3.8) is 0 Å². The number of rotatable bonds is 1. The highest BCUT2D eigenvalue weighted by molar-refractivity contribution is 7.86. The quantitative estimate of drug-likeness (QED) is 0.335. The zero-order chi connectivity index (χ0) is 18.0. The fraction of sp³-hybridized carbons (Fsp3) is 0. The Labute approximate surface area is 161 Å². The first-order valence-corrected chi connectivity index (χ1v) is 11.5. The normalized spacial score (nSPS) is 17.9. The van der Waals surface area contributed by atoms with Crippen LogP contribution in [0.4, 0.5) is 0 Å². The van der Waals surface area contributed by atoms with Crippen molar-refractivity contribution in [1.82, 2.24) is 0 Å². The Morgan fingerprint density at radius 3 is 2.22 bits per heavy atom. The van der Waals surface area contributed by atoms with Crippen molar-refractivity contribution in [3.05, 3.63) is 91.0 Å². The largest absolute Gasteiger partial charge is 0.309 e. The number of fused-ring (bicyclic) bond motifs is 6. The maximum absolute atomic E-state index is 14.5. The molecule has 0 amide bonds. The Morgan fingerprint density at radius 2 is 1.33 bits per heavy atom. The van der Waals surface area contributed by atoms with E-state index in [-0.39, 0.29) is 0 Å². The Kier molecular flexibility index (Phi) is 3.09. The van der Waals surface area contributed by atoms with E-state index in [1.165, 1.54) is 20.2 Å². The van der Waals surface area contributed by atoms with Crippen molar-refractivity contribution in [2.45, 2.75) is 0 Å². The second-order valence-corrected chi connectivity index (χ2v) is 10.7. The summed E-state index contributed by atoms with van der Waals surface area (Å²) < 4.78 is 17.0. The summed E-state index contributed by atoms with van der Waals surface area (Å²) in [7, 11) is -2.84. The minimum atomic E-state index is -2.84. The van der Waals surface area contributed by atoms with Gasteiger partial charge in [-0.15, -0.1) is 11.3 Å². The van der Waals surface area contributed by atoms with Crippen LogP contribution in [-0.4, -0.2) is 0 Å². The molecular formula is C24H15OPS. The topological polar surface area (TPSA) is 17.1 Å². The summed E-state index contributed by atoms with van der Waals surface area (Å²) in [6.07, 6.45) is 0. The number of benzene rings is 4. The lowest BCUT2D eigenvalue weighted by atomic mass is 10.0. The summed E-state index contributed by atoms with van der Waals surface area (Å²) in [5, 5.41) is 5.39. The van der Waals surface area contributed by atoms with Crippen LogP contribution in [0.5, 0.6) is 0 Å². The lowest BCUT2D eigenvalue weighted by Crippen LogP contribution is -2.20. The third-order valence-electron chi connectivity index (χ3n) is 5.49. The molecule has 128 valence electrons. The van der Waals surface area contributed by atoms with Crippen LogP contribution < -0.4 is 15.9 Å². The molecule has 0 fully saturated rings. The summed E-state index contributed by atoms with van der Waals surface area (Å²) >= 11 is 1.78. The summed E-state index contributed by atoms with van der Waals surface area (Å²) in [5.41, 5.74) is 2.23. The van der Waals surface area contributed by atoms with E-state index >= 15 is 0 Å². The molecule has 1 atom stereocenters. The molecule has 0 N–H and O–H groups in total. The van der Waals surface area contributed by atoms with Gasteiger partial charge in [-0.3, -0.25) is 0 Å². The Morgan fingerprint density at radius 1 is 0.593 bits per heavy atom. The average molecular weight is 382 g/mol. The number of thiophene rings is 1. The van der Waals surface area contributed by atoms with Gasteiger partial charge in [-0.2, -0.15) is 0 Å². The molecule has 27 heavy (non-hydrogen) atoms. The van der Waals surface area contributed by atoms with E-state index in [0.717, 1.165) is 27.0 Å². The smallest absolute Gasteiger partial charge is 0.172 e. The molecule has 0 bridgehead atoms. The molecule has 0 saturated carbocycles. The minimum absolute atomic E-state index is 0.914. The molecular weight excluding hydrogens is 367 g/mol. The van der Waals surface area contributed by atoms with Gasteiger partial charge >= 0.3 is 0 Å². The summed E-state index contributed by atoms with van der Waals surface area (Å²) in [6.45, 7) is 0. The van der Waals surface area contributed by atoms with Crippen molar-refractivity contribution in [2.75, 3.05) is 0 Å². The van der Waals surface area contributed by atoms with E-state index in [4.69, 9.17) is 0 Å². The van der Waals surface area contributed by atoms with Crippen LogP contribution in [0.1, 0.15) is 0 Å². The van der Waals surface area contributed by atoms with Gasteiger partial charge in [0.2, 0.25) is 0 Å². The molecule has 2 heterocycles. The molecule has 1 aromatic heterocycles. The predicted molar refractivity (Wildman–Crippen MR) is 118 cm³/mol. The minimum Gasteiger partial charge on any atom is -0.309 e. The Bertz CT molecular complexity index is 1400. The van der Waals surface area contributed by atoms with Crippen molar-refractivity contribution in [2.24, 2.45) is 0 Å². The third kappa shape index (κ3) is 1.97. The molecule has 1 unspecified atom stereocenters. The molecule has 0 radical (unpaired) electrons. The maximum Gasteiger partial charge on any atom is 0.172 e. The van der Waals surface area contributed by atoms with Crippen LogP contribution in [0.25, 0.3) is 31.3 Å². The predicted octanol–water partition coefficient (Wildman–Crippen LogP) is 5.67. The highest BCUT2D eigenvalue weighted by Gasteiger charge is 2.40. The van der Waals surface area contributed by atoms with Gasteiger partial charge in [-0.1, -0.05) is 72.8 Å². The fourth-order valence-corrected chi connectivity index (χ4v) is 8.55. The van der Waals surface area contributed by atoms with Crippen molar-refractivity contribution >= 4 is 54.6 Å². The van der Waals surface area contributed by atoms with Gasteiger partial charge in [0, 0.05) is 36.1 Å². The van der Waals surface area contributed by atoms with Crippen LogP contribution in [0.3, 0.4) is 0 Å². The van der Waals surface area contributed by atoms with Gasteiger partial charge in [0.05, 0.1) is 0 Å². The molecule has 1 aliphatic rings. The van der Waals surface area contributed by atoms with E-state index < -0.39 is 7.14 Å². The zero-order valence-corrected chi connectivity index (χ0v) is 16.1. The van der Waals surface area contributed by atoms with Gasteiger partial charge in [0.1, 0.15) is 0 Å². The fourth-order valence-electron chi connectivity index (χ4n) is 4.26. The van der Waals surface area contributed by atoms with Crippen LogP contribution in [0.2, 0.25) is 0 Å². The Hall–Kier alpha value is -2.67. The zero-order valence-electron chi connectivity index (χ0n) is 14.4. The lowest BCUT2D eigenvalue weighted by molar-refractivity contribution is 0.593. The molecule has 0 aliphatic carbocycles. The third-order valence-corrected chi connectivity index (χ3v) is 9.76. The first-order chi connectivity index (χ1) is 13.3. The van der Waals surface area contributed by atoms with Crippen LogP contribution in [-0.2, 0) is 4.57 Å². The first kappa shape index (κ1) is 15.4. The van der Waals surface area contributed by atoms with E-state index in [0.29, 0.717) is 0 Å². The van der Waals surface area contributed by atoms with Gasteiger partial charge in [0.25, 0.3) is 0 Å². The Balaban J connectivity index is 1.78. The first-order valence-electron chi connectivity index (χ1n) is 8.98. The SMILES string of the molecule is O=P1(c2ccccc2)c2ccccc2-c2cc3c(cc21)sc1ccccc13. The molecule has 4 aromatic carbocycles. The molecule has 6 rings (SSSR count). The second kappa shape index (κ2) is 5.42. The number of hydrogen-bond acceptors (Lipinski definition) is 2. The van der Waals surface area contributed by atoms with Crippen molar-refractivity contribution in [1.29, 1.82) is 0 Å². The van der Waals surface area contributed by atoms with Crippen LogP contribution >= 0.6 is 18.5 Å². The molecule has 5 aromatic rings. The van der Waals surface area contributed by atoms with E-state index in [1.54, 1.807) is 11.3 Å². The van der Waals surface area contributed by atoms with E-state index in [2.05, 4.69) is 42.5 Å². The standard InChI is InChI=1S/C24H15OPS/c25-26(16-8-2-1-3-9-16)21-12-6-4-10-17(21)19-14-20-18-11-5-7-13-23(18)27-24(20)15-22(19)26/h1-15H. The van der Waals surface area contributed by atoms with Gasteiger partial charge in [-0.25, -0.2) is 0 Å². The van der Waals surface area contributed by atoms with E-state index in [1.807, 2.05) is 48.5 Å². The summed E-state index contributed by atoms with van der Waals surface area (Å²) in [4.78, 5) is 0. The van der Waals surface area contributed by atoms with Crippen LogP contribution in [0, 0.1) is 0 Å². The van der Waals surface area contributed by atoms with E-state index in [9.17, 15) is 4.57 Å². The monoisotopic (exact) mass is 382 g/mol. The number of hydrogen-bond donors (Lipinski definition) is 0. The van der Waals surface area contributed by atoms with Gasteiger partial charge in [-0.05, 0) is 29.3 Å². The van der Waals surface area contributed by atoms with Crippen molar-refractivity contribution in [3.8, 4) is 11.1 Å². The highest BCUT2D eigenvalue weighted by atomic mass is 32.1. The summed E-state index contributed by atoms with van der Waals surface area (Å²) in [5.74, 6) is 0. The molecule has 0 saturated heterocycles. The summed E-state index contributed by atoms with van der Waals surface area (Å²) in [6, 6.07) is 31.1. The molecule has 1 nitrogen and oxygen atoms in total. The van der Waals surface area contributed by atoms with Crippen LogP contribution in [0.15, 0.2) is 91.0 Å². The van der Waals surface area contributed by atoms with Gasteiger partial charge in [0.15, 0.2) is 7.14 Å². The molecule has 1 aliphatic heterocycles. The van der Waals surface area contributed by atoms with Gasteiger partial charge < -0.3 is 4.57 Å². The van der Waals surface area contributed by atoms with Crippen molar-refractivity contribution < 1.29 is 4.57 Å². The average Bonchev–Trinajstić information content (AvgIpc) is 3.22. The lowest BCUT2D eigenvalue weighted by Gasteiger charge is -2.15. The molecule has 3 heteroatoms.